The second-order valence-electron chi connectivity index (χ2n) is 5.09. The Morgan fingerprint density at radius 3 is 2.75 bits per heavy atom. The number of ether oxygens (including phenoxy) is 2. The van der Waals surface area contributed by atoms with Crippen molar-refractivity contribution in [2.45, 2.75) is 25.8 Å². The van der Waals surface area contributed by atoms with E-state index in [4.69, 9.17) is 9.47 Å². The van der Waals surface area contributed by atoms with Gasteiger partial charge in [-0.15, -0.1) is 0 Å². The fraction of sp³-hybridized carbons (Fsp3) is 0.500. The van der Waals surface area contributed by atoms with Crippen molar-refractivity contribution in [1.82, 2.24) is 5.32 Å². The molecule has 0 amide bonds. The van der Waals surface area contributed by atoms with Gasteiger partial charge in [-0.05, 0) is 65.4 Å². The average molecular weight is 340 g/mol. The van der Waals surface area contributed by atoms with Gasteiger partial charge in [-0.2, -0.15) is 0 Å². The van der Waals surface area contributed by atoms with Crippen LogP contribution in [0.2, 0.25) is 0 Å². The van der Waals surface area contributed by atoms with Crippen LogP contribution in [0.25, 0.3) is 0 Å². The Hall–Kier alpha value is -1.00. The molecule has 0 saturated carbocycles. The van der Waals surface area contributed by atoms with Crippen LogP contribution in [-0.2, 0) is 6.54 Å². The molecule has 0 heterocycles. The number of rotatable bonds is 6. The van der Waals surface area contributed by atoms with Crippen LogP contribution >= 0.6 is 15.9 Å². The summed E-state index contributed by atoms with van der Waals surface area (Å²) in [6.45, 7) is 1.91. The van der Waals surface area contributed by atoms with E-state index in [0.29, 0.717) is 0 Å². The van der Waals surface area contributed by atoms with Crippen LogP contribution in [0.5, 0.6) is 11.5 Å². The lowest BCUT2D eigenvalue weighted by atomic mass is 9.94. The zero-order valence-corrected chi connectivity index (χ0v) is 13.7. The van der Waals surface area contributed by atoms with Crippen molar-refractivity contribution in [2.24, 2.45) is 5.92 Å². The summed E-state index contributed by atoms with van der Waals surface area (Å²) >= 11 is 3.53. The molecule has 0 saturated heterocycles. The molecule has 1 unspecified atom stereocenters. The lowest BCUT2D eigenvalue weighted by Gasteiger charge is -2.18. The molecule has 0 fully saturated rings. The Morgan fingerprint density at radius 2 is 2.10 bits per heavy atom. The van der Waals surface area contributed by atoms with Crippen LogP contribution in [0.3, 0.4) is 0 Å². The molecule has 0 radical (unpaired) electrons. The Morgan fingerprint density at radius 1 is 1.25 bits per heavy atom. The first-order valence-electron chi connectivity index (χ1n) is 7.00. The number of methoxy groups -OCH3 is 2. The van der Waals surface area contributed by atoms with Crippen molar-refractivity contribution in [1.29, 1.82) is 0 Å². The molecule has 1 aromatic carbocycles. The monoisotopic (exact) mass is 339 g/mol. The molecule has 1 aromatic rings. The fourth-order valence-electron chi connectivity index (χ4n) is 2.54. The van der Waals surface area contributed by atoms with Gasteiger partial charge in [-0.3, -0.25) is 0 Å². The van der Waals surface area contributed by atoms with E-state index in [2.05, 4.69) is 39.5 Å². The van der Waals surface area contributed by atoms with Crippen LogP contribution < -0.4 is 14.8 Å². The summed E-state index contributed by atoms with van der Waals surface area (Å²) in [7, 11) is 3.31. The van der Waals surface area contributed by atoms with Gasteiger partial charge in [0.15, 0.2) is 11.5 Å². The minimum absolute atomic E-state index is 0.744. The SMILES string of the molecule is COc1cc(CNCC2CC=CCC2)cc(Br)c1OC. The third kappa shape index (κ3) is 4.00. The van der Waals surface area contributed by atoms with Crippen molar-refractivity contribution in [3.05, 3.63) is 34.3 Å². The summed E-state index contributed by atoms with van der Waals surface area (Å²) in [5.41, 5.74) is 1.20. The summed E-state index contributed by atoms with van der Waals surface area (Å²) < 4.78 is 11.6. The maximum Gasteiger partial charge on any atom is 0.174 e. The smallest absolute Gasteiger partial charge is 0.174 e. The highest BCUT2D eigenvalue weighted by atomic mass is 79.9. The maximum atomic E-state index is 5.36. The van der Waals surface area contributed by atoms with Gasteiger partial charge in [0.25, 0.3) is 0 Å². The molecule has 3 nitrogen and oxygen atoms in total. The molecule has 110 valence electrons. The Balaban J connectivity index is 1.92. The van der Waals surface area contributed by atoms with Gasteiger partial charge < -0.3 is 14.8 Å². The quantitative estimate of drug-likeness (QED) is 0.797. The molecule has 1 aliphatic rings. The van der Waals surface area contributed by atoms with E-state index < -0.39 is 0 Å². The van der Waals surface area contributed by atoms with Crippen LogP contribution in [0.1, 0.15) is 24.8 Å². The van der Waals surface area contributed by atoms with E-state index >= 15 is 0 Å². The van der Waals surface area contributed by atoms with Gasteiger partial charge in [0.1, 0.15) is 0 Å². The summed E-state index contributed by atoms with van der Waals surface area (Å²) in [6, 6.07) is 4.10. The molecule has 0 aromatic heterocycles. The van der Waals surface area contributed by atoms with Crippen molar-refractivity contribution < 1.29 is 9.47 Å². The normalized spacial score (nSPS) is 18.1. The van der Waals surface area contributed by atoms with E-state index in [-0.39, 0.29) is 0 Å². The highest BCUT2D eigenvalue weighted by molar-refractivity contribution is 9.10. The zero-order chi connectivity index (χ0) is 14.4. The summed E-state index contributed by atoms with van der Waals surface area (Å²) in [5, 5.41) is 3.54. The van der Waals surface area contributed by atoms with E-state index in [1.54, 1.807) is 14.2 Å². The van der Waals surface area contributed by atoms with Gasteiger partial charge in [-0.1, -0.05) is 12.2 Å². The largest absolute Gasteiger partial charge is 0.493 e. The van der Waals surface area contributed by atoms with Crippen molar-refractivity contribution in [3.8, 4) is 11.5 Å². The molecule has 0 bridgehead atoms. The third-order valence-electron chi connectivity index (χ3n) is 3.63. The number of hydrogen-bond acceptors (Lipinski definition) is 3. The molecule has 20 heavy (non-hydrogen) atoms. The van der Waals surface area contributed by atoms with Crippen molar-refractivity contribution in [3.63, 3.8) is 0 Å². The maximum absolute atomic E-state index is 5.36. The predicted molar refractivity (Wildman–Crippen MR) is 85.4 cm³/mol. The molecule has 1 N–H and O–H groups in total. The molecule has 0 spiro atoms. The van der Waals surface area contributed by atoms with E-state index in [0.717, 1.165) is 35.0 Å². The minimum Gasteiger partial charge on any atom is -0.493 e. The first kappa shape index (κ1) is 15.4. The van der Waals surface area contributed by atoms with Gasteiger partial charge >= 0.3 is 0 Å². The van der Waals surface area contributed by atoms with Crippen LogP contribution in [0.15, 0.2) is 28.8 Å². The van der Waals surface area contributed by atoms with Gasteiger partial charge in [0.05, 0.1) is 18.7 Å². The first-order valence-corrected chi connectivity index (χ1v) is 7.80. The average Bonchev–Trinajstić information content (AvgIpc) is 2.47. The van der Waals surface area contributed by atoms with Gasteiger partial charge in [0, 0.05) is 6.54 Å². The highest BCUT2D eigenvalue weighted by Gasteiger charge is 2.12. The highest BCUT2D eigenvalue weighted by Crippen LogP contribution is 2.36. The molecular formula is C16H22BrNO2. The molecule has 1 aliphatic carbocycles. The molecule has 1 atom stereocenters. The van der Waals surface area contributed by atoms with Crippen molar-refractivity contribution in [2.75, 3.05) is 20.8 Å². The van der Waals surface area contributed by atoms with Crippen molar-refractivity contribution >= 4 is 15.9 Å². The van der Waals surface area contributed by atoms with Gasteiger partial charge in [0.2, 0.25) is 0 Å². The van der Waals surface area contributed by atoms with Crippen LogP contribution in [-0.4, -0.2) is 20.8 Å². The third-order valence-corrected chi connectivity index (χ3v) is 4.22. The number of nitrogens with one attached hydrogen (secondary N) is 1. The number of allylic oxidation sites excluding steroid dienone is 2. The zero-order valence-electron chi connectivity index (χ0n) is 12.1. The lowest BCUT2D eigenvalue weighted by Crippen LogP contribution is -2.23. The number of halogens is 1. The van der Waals surface area contributed by atoms with Crippen LogP contribution in [0.4, 0.5) is 0 Å². The molecule has 0 aliphatic heterocycles. The van der Waals surface area contributed by atoms with E-state index in [9.17, 15) is 0 Å². The predicted octanol–water partition coefficient (Wildman–Crippen LogP) is 3.91. The second kappa shape index (κ2) is 7.70. The van der Waals surface area contributed by atoms with Crippen LogP contribution in [0, 0.1) is 5.92 Å². The van der Waals surface area contributed by atoms with E-state index in [1.165, 1.54) is 24.8 Å². The molecular weight excluding hydrogens is 318 g/mol. The minimum atomic E-state index is 0.744. The lowest BCUT2D eigenvalue weighted by molar-refractivity contribution is 0.352. The van der Waals surface area contributed by atoms with Gasteiger partial charge in [-0.25, -0.2) is 0 Å². The summed E-state index contributed by atoms with van der Waals surface area (Å²) in [6.07, 6.45) is 8.28. The van der Waals surface area contributed by atoms with E-state index in [1.807, 2.05) is 6.07 Å². The Bertz CT molecular complexity index is 474. The Kier molecular flexibility index (Phi) is 5.92. The molecule has 4 heteroatoms. The number of hydrogen-bond donors (Lipinski definition) is 1. The molecule has 2 rings (SSSR count). The number of benzene rings is 1. The second-order valence-corrected chi connectivity index (χ2v) is 5.95. The first-order chi connectivity index (χ1) is 9.74. The summed E-state index contributed by atoms with van der Waals surface area (Å²) in [5.74, 6) is 2.27. The Labute approximate surface area is 129 Å². The fourth-order valence-corrected chi connectivity index (χ4v) is 3.19. The summed E-state index contributed by atoms with van der Waals surface area (Å²) in [4.78, 5) is 0. The standard InChI is InChI=1S/C16H22BrNO2/c1-19-15-9-13(8-14(17)16(15)20-2)11-18-10-12-6-4-3-5-7-12/h3-4,8-9,12,18H,5-7,10-11H2,1-2H3. The topological polar surface area (TPSA) is 30.5 Å².